The minimum atomic E-state index is -0.408. The van der Waals surface area contributed by atoms with Gasteiger partial charge in [0, 0.05) is 25.2 Å². The first-order valence-electron chi connectivity index (χ1n) is 6.96. The predicted molar refractivity (Wildman–Crippen MR) is 84.4 cm³/mol. The molecule has 0 bridgehead atoms. The largest absolute Gasteiger partial charge is 0.492 e. The summed E-state index contributed by atoms with van der Waals surface area (Å²) in [6.45, 7) is 3.53. The number of nitrogens with zero attached hydrogens (tertiary/aromatic N) is 2. The molecule has 0 spiro atoms. The van der Waals surface area contributed by atoms with Gasteiger partial charge >= 0.3 is 0 Å². The molecule has 1 saturated heterocycles. The van der Waals surface area contributed by atoms with Crippen molar-refractivity contribution in [3.63, 3.8) is 0 Å². The van der Waals surface area contributed by atoms with Crippen LogP contribution in [0, 0.1) is 10.1 Å². The van der Waals surface area contributed by atoms with Crippen LogP contribution in [-0.2, 0) is 0 Å². The summed E-state index contributed by atoms with van der Waals surface area (Å²) >= 11 is 0. The van der Waals surface area contributed by atoms with Crippen molar-refractivity contribution in [1.82, 2.24) is 10.2 Å². The third kappa shape index (κ3) is 5.49. The van der Waals surface area contributed by atoms with E-state index in [4.69, 9.17) is 4.74 Å². The number of non-ortho nitro benzene ring substituents is 1. The molecule has 1 aromatic carbocycles. The molecule has 1 aromatic rings. The lowest BCUT2D eigenvalue weighted by molar-refractivity contribution is -0.384. The van der Waals surface area contributed by atoms with E-state index in [9.17, 15) is 10.1 Å². The van der Waals surface area contributed by atoms with Gasteiger partial charge in [-0.1, -0.05) is 6.07 Å². The van der Waals surface area contributed by atoms with Crippen LogP contribution < -0.4 is 10.1 Å². The van der Waals surface area contributed by atoms with Gasteiger partial charge in [-0.15, -0.1) is 12.4 Å². The average molecular weight is 316 g/mol. The van der Waals surface area contributed by atoms with Gasteiger partial charge in [-0.2, -0.15) is 0 Å². The standard InChI is InChI=1S/C14H21N3O3.ClH/c1-15-12-4-3-7-16(11-12)8-9-20-14-6-2-5-13(10-14)17(18)19;/h2,5-6,10,12,15H,3-4,7-9,11H2,1H3;1H. The maximum absolute atomic E-state index is 10.7. The van der Waals surface area contributed by atoms with Crippen molar-refractivity contribution in [3.05, 3.63) is 34.4 Å². The van der Waals surface area contributed by atoms with E-state index in [0.29, 0.717) is 18.4 Å². The molecule has 1 aliphatic heterocycles. The molecule has 0 radical (unpaired) electrons. The van der Waals surface area contributed by atoms with Crippen molar-refractivity contribution in [2.45, 2.75) is 18.9 Å². The zero-order chi connectivity index (χ0) is 14.4. The molecule has 1 unspecified atom stereocenters. The Balaban J connectivity index is 0.00000220. The highest BCUT2D eigenvalue weighted by atomic mass is 35.5. The molecule has 7 heteroatoms. The molecule has 21 heavy (non-hydrogen) atoms. The first-order valence-corrected chi connectivity index (χ1v) is 6.96. The number of likely N-dealkylation sites (N-methyl/N-ethyl adjacent to an activating group) is 1. The molecule has 0 aromatic heterocycles. The fraction of sp³-hybridized carbons (Fsp3) is 0.571. The molecular formula is C14H22ClN3O3. The number of piperidine rings is 1. The molecule has 2 rings (SSSR count). The van der Waals surface area contributed by atoms with E-state index in [1.165, 1.54) is 25.0 Å². The van der Waals surface area contributed by atoms with Gasteiger partial charge in [-0.25, -0.2) is 0 Å². The van der Waals surface area contributed by atoms with Gasteiger partial charge in [-0.05, 0) is 32.5 Å². The number of likely N-dealkylation sites (tertiary alicyclic amines) is 1. The lowest BCUT2D eigenvalue weighted by Gasteiger charge is -2.32. The van der Waals surface area contributed by atoms with E-state index in [1.807, 2.05) is 7.05 Å². The van der Waals surface area contributed by atoms with Crippen LogP contribution in [0.15, 0.2) is 24.3 Å². The smallest absolute Gasteiger partial charge is 0.273 e. The first kappa shape index (κ1) is 17.7. The summed E-state index contributed by atoms with van der Waals surface area (Å²) in [4.78, 5) is 12.6. The highest BCUT2D eigenvalue weighted by molar-refractivity contribution is 5.85. The number of hydrogen-bond acceptors (Lipinski definition) is 5. The Morgan fingerprint density at radius 1 is 1.52 bits per heavy atom. The number of rotatable bonds is 6. The highest BCUT2D eigenvalue weighted by Crippen LogP contribution is 2.19. The van der Waals surface area contributed by atoms with Crippen LogP contribution in [0.3, 0.4) is 0 Å². The van der Waals surface area contributed by atoms with E-state index >= 15 is 0 Å². The topological polar surface area (TPSA) is 67.6 Å². The number of nitrogens with one attached hydrogen (secondary N) is 1. The third-order valence-electron chi connectivity index (χ3n) is 3.62. The van der Waals surface area contributed by atoms with E-state index in [-0.39, 0.29) is 18.1 Å². The summed E-state index contributed by atoms with van der Waals surface area (Å²) in [5, 5.41) is 14.0. The minimum Gasteiger partial charge on any atom is -0.492 e. The van der Waals surface area contributed by atoms with Gasteiger partial charge in [0.2, 0.25) is 0 Å². The fourth-order valence-electron chi connectivity index (χ4n) is 2.47. The number of ether oxygens (including phenoxy) is 1. The summed E-state index contributed by atoms with van der Waals surface area (Å²) in [7, 11) is 1.99. The summed E-state index contributed by atoms with van der Waals surface area (Å²) in [6.07, 6.45) is 2.42. The van der Waals surface area contributed by atoms with Crippen LogP contribution in [0.5, 0.6) is 5.75 Å². The average Bonchev–Trinajstić information content (AvgIpc) is 2.48. The molecule has 1 N–H and O–H groups in total. The van der Waals surface area contributed by atoms with Crippen molar-refractivity contribution < 1.29 is 9.66 Å². The second kappa shape index (κ2) is 8.81. The fourth-order valence-corrected chi connectivity index (χ4v) is 2.47. The van der Waals surface area contributed by atoms with Crippen LogP contribution in [-0.4, -0.2) is 49.2 Å². The van der Waals surface area contributed by atoms with Crippen molar-refractivity contribution in [2.75, 3.05) is 33.3 Å². The minimum absolute atomic E-state index is 0. The van der Waals surface area contributed by atoms with E-state index in [1.54, 1.807) is 12.1 Å². The lowest BCUT2D eigenvalue weighted by atomic mass is 10.1. The van der Waals surface area contributed by atoms with Crippen molar-refractivity contribution >= 4 is 18.1 Å². The molecular weight excluding hydrogens is 294 g/mol. The summed E-state index contributed by atoms with van der Waals surface area (Å²) < 4.78 is 5.60. The maximum atomic E-state index is 10.7. The Bertz CT molecular complexity index is 459. The Morgan fingerprint density at radius 3 is 3.05 bits per heavy atom. The highest BCUT2D eigenvalue weighted by Gasteiger charge is 2.17. The Hall–Kier alpha value is -1.37. The third-order valence-corrected chi connectivity index (χ3v) is 3.62. The Morgan fingerprint density at radius 2 is 2.33 bits per heavy atom. The number of nitro groups is 1. The van der Waals surface area contributed by atoms with Gasteiger partial charge in [0.15, 0.2) is 0 Å². The zero-order valence-corrected chi connectivity index (χ0v) is 13.0. The zero-order valence-electron chi connectivity index (χ0n) is 12.2. The summed E-state index contributed by atoms with van der Waals surface area (Å²) in [5.74, 6) is 0.557. The second-order valence-electron chi connectivity index (χ2n) is 5.03. The number of hydrogen-bond donors (Lipinski definition) is 1. The van der Waals surface area contributed by atoms with Gasteiger partial charge in [0.1, 0.15) is 12.4 Å². The van der Waals surface area contributed by atoms with Gasteiger partial charge in [0.25, 0.3) is 5.69 Å². The van der Waals surface area contributed by atoms with Gasteiger partial charge in [-0.3, -0.25) is 15.0 Å². The number of benzene rings is 1. The molecule has 1 aliphatic rings. The van der Waals surface area contributed by atoms with Crippen LogP contribution in [0.1, 0.15) is 12.8 Å². The molecule has 6 nitrogen and oxygen atoms in total. The second-order valence-corrected chi connectivity index (χ2v) is 5.03. The molecule has 0 saturated carbocycles. The van der Waals surface area contributed by atoms with Crippen LogP contribution in [0.4, 0.5) is 5.69 Å². The normalized spacial score (nSPS) is 18.8. The van der Waals surface area contributed by atoms with Crippen molar-refractivity contribution in [1.29, 1.82) is 0 Å². The number of nitro benzene ring substituents is 1. The van der Waals surface area contributed by atoms with E-state index in [2.05, 4.69) is 10.2 Å². The van der Waals surface area contributed by atoms with Crippen LogP contribution in [0.25, 0.3) is 0 Å². The molecule has 1 heterocycles. The summed E-state index contributed by atoms with van der Waals surface area (Å²) in [5.41, 5.74) is 0.0655. The molecule has 0 amide bonds. The SMILES string of the molecule is CNC1CCCN(CCOc2cccc([N+](=O)[O-])c2)C1.Cl. The Labute approximate surface area is 131 Å². The number of halogens is 1. The monoisotopic (exact) mass is 315 g/mol. The Kier molecular flexibility index (Phi) is 7.42. The predicted octanol–water partition coefficient (Wildman–Crippen LogP) is 2.08. The molecule has 118 valence electrons. The molecule has 1 atom stereocenters. The first-order chi connectivity index (χ1) is 9.69. The van der Waals surface area contributed by atoms with Crippen molar-refractivity contribution in [3.8, 4) is 5.75 Å². The maximum Gasteiger partial charge on any atom is 0.273 e. The van der Waals surface area contributed by atoms with Gasteiger partial charge < -0.3 is 10.1 Å². The van der Waals surface area contributed by atoms with Crippen LogP contribution in [0.2, 0.25) is 0 Å². The molecule has 0 aliphatic carbocycles. The lowest BCUT2D eigenvalue weighted by Crippen LogP contribution is -2.45. The van der Waals surface area contributed by atoms with Gasteiger partial charge in [0.05, 0.1) is 11.0 Å². The summed E-state index contributed by atoms with van der Waals surface area (Å²) in [6, 6.07) is 6.88. The van der Waals surface area contributed by atoms with E-state index in [0.717, 1.165) is 19.6 Å². The molecule has 1 fully saturated rings. The van der Waals surface area contributed by atoms with E-state index < -0.39 is 4.92 Å². The van der Waals surface area contributed by atoms with Crippen molar-refractivity contribution in [2.24, 2.45) is 0 Å². The van der Waals surface area contributed by atoms with Crippen LogP contribution >= 0.6 is 12.4 Å². The quantitative estimate of drug-likeness (QED) is 0.643.